The van der Waals surface area contributed by atoms with E-state index in [1.165, 1.54) is 12.1 Å². The Labute approximate surface area is 126 Å². The lowest BCUT2D eigenvalue weighted by atomic mass is 9.91. The molecule has 1 aromatic carbocycles. The van der Waals surface area contributed by atoms with E-state index in [0.717, 1.165) is 19.4 Å². The van der Waals surface area contributed by atoms with E-state index in [1.54, 1.807) is 0 Å². The van der Waals surface area contributed by atoms with Crippen molar-refractivity contribution < 1.29 is 8.78 Å². The summed E-state index contributed by atoms with van der Waals surface area (Å²) in [4.78, 5) is 1.89. The van der Waals surface area contributed by atoms with Gasteiger partial charge in [0, 0.05) is 25.2 Å². The fourth-order valence-electron chi connectivity index (χ4n) is 2.97. The van der Waals surface area contributed by atoms with Crippen molar-refractivity contribution in [2.75, 3.05) is 11.4 Å². The number of hydrogen-bond acceptors (Lipinski definition) is 2. The number of rotatable bonds is 4. The average Bonchev–Trinajstić information content (AvgIpc) is 2.40. The lowest BCUT2D eigenvalue weighted by molar-refractivity contribution is 0.356. The molecular formula is C17H26F2N2. The Kier molecular flexibility index (Phi) is 5.20. The van der Waals surface area contributed by atoms with Gasteiger partial charge in [0.1, 0.15) is 17.3 Å². The molecule has 1 heterocycles. The van der Waals surface area contributed by atoms with E-state index in [4.69, 9.17) is 0 Å². The highest BCUT2D eigenvalue weighted by atomic mass is 19.1. The molecule has 0 saturated carbocycles. The summed E-state index contributed by atoms with van der Waals surface area (Å²) in [6.45, 7) is 9.43. The molecule has 0 bridgehead atoms. The van der Waals surface area contributed by atoms with E-state index in [-0.39, 0.29) is 11.7 Å². The van der Waals surface area contributed by atoms with E-state index < -0.39 is 11.6 Å². The molecule has 118 valence electrons. The minimum atomic E-state index is -0.448. The van der Waals surface area contributed by atoms with Crippen LogP contribution in [0.25, 0.3) is 0 Å². The third kappa shape index (κ3) is 3.73. The van der Waals surface area contributed by atoms with E-state index in [9.17, 15) is 8.78 Å². The standard InChI is InChI=1S/C17H26F2N2/c1-11(2)20-10-14-8-15(18)17(16(19)9-14)21-7-5-6-12(3)13(21)4/h8-9,11-13,20H,5-7,10H2,1-4H3. The minimum absolute atomic E-state index is 0.141. The number of halogens is 2. The molecule has 0 aromatic heterocycles. The molecule has 0 spiro atoms. The summed E-state index contributed by atoms with van der Waals surface area (Å²) >= 11 is 0. The lowest BCUT2D eigenvalue weighted by Crippen LogP contribution is -2.43. The normalized spacial score (nSPS) is 22.9. The molecule has 2 unspecified atom stereocenters. The van der Waals surface area contributed by atoms with Gasteiger partial charge in [0.25, 0.3) is 0 Å². The minimum Gasteiger partial charge on any atom is -0.364 e. The van der Waals surface area contributed by atoms with Crippen molar-refractivity contribution in [3.8, 4) is 0 Å². The molecule has 2 nitrogen and oxygen atoms in total. The van der Waals surface area contributed by atoms with Crippen LogP contribution < -0.4 is 10.2 Å². The van der Waals surface area contributed by atoms with Gasteiger partial charge < -0.3 is 10.2 Å². The molecule has 0 amide bonds. The third-order valence-electron chi connectivity index (χ3n) is 4.45. The molecule has 0 radical (unpaired) electrons. The summed E-state index contributed by atoms with van der Waals surface area (Å²) in [5.41, 5.74) is 0.794. The number of nitrogens with one attached hydrogen (secondary N) is 1. The Bertz CT molecular complexity index is 465. The SMILES string of the molecule is CC(C)NCc1cc(F)c(N2CCCC(C)C2C)c(F)c1. The van der Waals surface area contributed by atoms with Crippen molar-refractivity contribution >= 4 is 5.69 Å². The Morgan fingerprint density at radius 3 is 2.43 bits per heavy atom. The smallest absolute Gasteiger partial charge is 0.149 e. The number of benzene rings is 1. The molecule has 1 saturated heterocycles. The topological polar surface area (TPSA) is 15.3 Å². The summed E-state index contributed by atoms with van der Waals surface area (Å²) in [7, 11) is 0. The van der Waals surface area contributed by atoms with Gasteiger partial charge in [-0.3, -0.25) is 0 Å². The zero-order valence-corrected chi connectivity index (χ0v) is 13.4. The maximum absolute atomic E-state index is 14.4. The van der Waals surface area contributed by atoms with Gasteiger partial charge in [-0.1, -0.05) is 20.8 Å². The van der Waals surface area contributed by atoms with Gasteiger partial charge in [0.05, 0.1) is 0 Å². The fourth-order valence-corrected chi connectivity index (χ4v) is 2.97. The van der Waals surface area contributed by atoms with Crippen molar-refractivity contribution in [3.05, 3.63) is 29.3 Å². The van der Waals surface area contributed by atoms with Gasteiger partial charge in [0.2, 0.25) is 0 Å². The molecule has 1 fully saturated rings. The van der Waals surface area contributed by atoms with Gasteiger partial charge in [0.15, 0.2) is 0 Å². The zero-order chi connectivity index (χ0) is 15.6. The van der Waals surface area contributed by atoms with Crippen molar-refractivity contribution in [2.24, 2.45) is 5.92 Å². The van der Waals surface area contributed by atoms with E-state index in [2.05, 4.69) is 19.2 Å². The summed E-state index contributed by atoms with van der Waals surface area (Å²) in [5, 5.41) is 3.18. The summed E-state index contributed by atoms with van der Waals surface area (Å²) in [6.07, 6.45) is 2.11. The highest BCUT2D eigenvalue weighted by Gasteiger charge is 2.29. The van der Waals surface area contributed by atoms with Crippen LogP contribution in [0.3, 0.4) is 0 Å². The second-order valence-electron chi connectivity index (χ2n) is 6.50. The van der Waals surface area contributed by atoms with Crippen LogP contribution in [0.1, 0.15) is 46.1 Å². The van der Waals surface area contributed by atoms with Crippen LogP contribution in [0.2, 0.25) is 0 Å². The number of hydrogen-bond donors (Lipinski definition) is 1. The van der Waals surface area contributed by atoms with Crippen molar-refractivity contribution in [1.29, 1.82) is 0 Å². The van der Waals surface area contributed by atoms with Crippen molar-refractivity contribution in [3.63, 3.8) is 0 Å². The molecule has 1 aliphatic heterocycles. The van der Waals surface area contributed by atoms with Crippen LogP contribution >= 0.6 is 0 Å². The summed E-state index contributed by atoms with van der Waals surface area (Å²) < 4.78 is 28.8. The second kappa shape index (κ2) is 6.73. The number of anilines is 1. The molecule has 0 aliphatic carbocycles. The predicted octanol–water partition coefficient (Wildman–Crippen LogP) is 4.09. The van der Waals surface area contributed by atoms with Gasteiger partial charge in [-0.15, -0.1) is 0 Å². The van der Waals surface area contributed by atoms with E-state index in [0.29, 0.717) is 24.1 Å². The highest BCUT2D eigenvalue weighted by Crippen LogP contribution is 2.32. The first-order chi connectivity index (χ1) is 9.90. The molecule has 2 rings (SSSR count). The first-order valence-corrected chi connectivity index (χ1v) is 7.88. The zero-order valence-electron chi connectivity index (χ0n) is 13.4. The van der Waals surface area contributed by atoms with E-state index >= 15 is 0 Å². The maximum Gasteiger partial charge on any atom is 0.149 e. The Hall–Kier alpha value is -1.16. The van der Waals surface area contributed by atoms with Gasteiger partial charge >= 0.3 is 0 Å². The van der Waals surface area contributed by atoms with Crippen LogP contribution in [0.4, 0.5) is 14.5 Å². The Morgan fingerprint density at radius 2 is 1.86 bits per heavy atom. The van der Waals surface area contributed by atoms with Crippen LogP contribution in [0, 0.1) is 17.6 Å². The molecule has 1 aliphatic rings. The second-order valence-corrected chi connectivity index (χ2v) is 6.50. The largest absolute Gasteiger partial charge is 0.364 e. The summed E-state index contributed by atoms with van der Waals surface area (Å²) in [6, 6.07) is 3.38. The molecule has 21 heavy (non-hydrogen) atoms. The fraction of sp³-hybridized carbons (Fsp3) is 0.647. The lowest BCUT2D eigenvalue weighted by Gasteiger charge is -2.39. The van der Waals surface area contributed by atoms with Crippen LogP contribution in [0.5, 0.6) is 0 Å². The van der Waals surface area contributed by atoms with Crippen LogP contribution in [0.15, 0.2) is 12.1 Å². The van der Waals surface area contributed by atoms with Crippen LogP contribution in [-0.4, -0.2) is 18.6 Å². The van der Waals surface area contributed by atoms with Gasteiger partial charge in [-0.2, -0.15) is 0 Å². The Balaban J connectivity index is 2.24. The molecule has 1 aromatic rings. The van der Waals surface area contributed by atoms with Gasteiger partial charge in [-0.25, -0.2) is 8.78 Å². The third-order valence-corrected chi connectivity index (χ3v) is 4.45. The molecule has 1 N–H and O–H groups in total. The monoisotopic (exact) mass is 296 g/mol. The summed E-state index contributed by atoms with van der Waals surface area (Å²) in [5.74, 6) is -0.437. The molecule has 4 heteroatoms. The predicted molar refractivity (Wildman–Crippen MR) is 83.5 cm³/mol. The first-order valence-electron chi connectivity index (χ1n) is 7.88. The van der Waals surface area contributed by atoms with E-state index in [1.807, 2.05) is 18.7 Å². The Morgan fingerprint density at radius 1 is 1.24 bits per heavy atom. The quantitative estimate of drug-likeness (QED) is 0.900. The molecule has 2 atom stereocenters. The highest BCUT2D eigenvalue weighted by molar-refractivity contribution is 5.52. The van der Waals surface area contributed by atoms with Crippen molar-refractivity contribution in [2.45, 2.75) is 59.2 Å². The molecular weight excluding hydrogens is 270 g/mol. The number of nitrogens with zero attached hydrogens (tertiary/aromatic N) is 1. The maximum atomic E-state index is 14.4. The first kappa shape index (κ1) is 16.2. The number of piperidine rings is 1. The van der Waals surface area contributed by atoms with Gasteiger partial charge in [-0.05, 0) is 43.4 Å². The van der Waals surface area contributed by atoms with Crippen molar-refractivity contribution in [1.82, 2.24) is 5.32 Å². The van der Waals surface area contributed by atoms with Crippen LogP contribution in [-0.2, 0) is 6.54 Å². The average molecular weight is 296 g/mol.